The monoisotopic (exact) mass is 738 g/mol. The highest BCUT2D eigenvalue weighted by Crippen LogP contribution is 2.19. The highest BCUT2D eigenvalue weighted by Gasteiger charge is 2.35. The van der Waals surface area contributed by atoms with Crippen LogP contribution in [-0.4, -0.2) is 86.3 Å². The summed E-state index contributed by atoms with van der Waals surface area (Å²) in [5.74, 6) is 0.617. The number of H-pyrrole nitrogens is 2. The zero-order chi connectivity index (χ0) is 39.5. The van der Waals surface area contributed by atoms with Crippen molar-refractivity contribution in [1.82, 2.24) is 41.6 Å². The van der Waals surface area contributed by atoms with Gasteiger partial charge in [0.05, 0.1) is 18.8 Å². The number of rotatable bonds is 18. The molecule has 17 heteroatoms. The summed E-state index contributed by atoms with van der Waals surface area (Å²) in [6, 6.07) is 1.55. The number of para-hydroxylation sites is 1. The number of hydrazine groups is 1. The van der Waals surface area contributed by atoms with Gasteiger partial charge in [-0.2, -0.15) is 0 Å². The van der Waals surface area contributed by atoms with E-state index in [0.717, 1.165) is 16.5 Å². The number of imidazole rings is 1. The van der Waals surface area contributed by atoms with Gasteiger partial charge in [0.15, 0.2) is 0 Å². The molecule has 2 heterocycles. The van der Waals surface area contributed by atoms with Gasteiger partial charge in [0.1, 0.15) is 29.8 Å². The van der Waals surface area contributed by atoms with Gasteiger partial charge in [-0.05, 0) is 57.1 Å². The number of aromatic amines is 2. The molecule has 0 unspecified atom stereocenters. The van der Waals surface area contributed by atoms with Gasteiger partial charge in [-0.15, -0.1) is 0 Å². The van der Waals surface area contributed by atoms with E-state index in [1.807, 2.05) is 38.1 Å². The van der Waals surface area contributed by atoms with E-state index in [1.165, 1.54) is 12.5 Å². The van der Waals surface area contributed by atoms with Crippen molar-refractivity contribution in [3.05, 3.63) is 54.2 Å². The Bertz CT molecular complexity index is 1710. The second-order valence-electron chi connectivity index (χ2n) is 14.8. The molecule has 0 aliphatic carbocycles. The molecule has 2 aromatic heterocycles. The Hall–Kier alpha value is -5.29. The molecule has 0 aliphatic rings. The van der Waals surface area contributed by atoms with Crippen LogP contribution in [0.25, 0.3) is 10.9 Å². The van der Waals surface area contributed by atoms with Crippen LogP contribution in [0.2, 0.25) is 0 Å². The number of fused-ring (bicyclic) bond motifs is 1. The maximum atomic E-state index is 13.9. The van der Waals surface area contributed by atoms with E-state index in [9.17, 15) is 28.8 Å². The van der Waals surface area contributed by atoms with Gasteiger partial charge in [-0.1, -0.05) is 45.9 Å². The Morgan fingerprint density at radius 1 is 0.811 bits per heavy atom. The Labute approximate surface area is 308 Å². The summed E-state index contributed by atoms with van der Waals surface area (Å²) >= 11 is 0. The van der Waals surface area contributed by atoms with E-state index in [4.69, 9.17) is 16.3 Å². The maximum absolute atomic E-state index is 13.9. The first kappa shape index (κ1) is 42.1. The normalized spacial score (nSPS) is 14.5. The number of benzene rings is 1. The lowest BCUT2D eigenvalue weighted by atomic mass is 9.99. The van der Waals surface area contributed by atoms with Crippen LogP contribution >= 0.6 is 0 Å². The first-order chi connectivity index (χ1) is 24.9. The Morgan fingerprint density at radius 3 is 2.06 bits per heavy atom. The van der Waals surface area contributed by atoms with Gasteiger partial charge in [0.2, 0.25) is 23.6 Å². The predicted octanol–water partition coefficient (Wildman–Crippen LogP) is 0.367. The van der Waals surface area contributed by atoms with Gasteiger partial charge >= 0.3 is 5.97 Å². The first-order valence-electron chi connectivity index (χ1n) is 17.6. The second-order valence-corrected chi connectivity index (χ2v) is 14.8. The highest BCUT2D eigenvalue weighted by molar-refractivity contribution is 5.97. The molecule has 3 rings (SSSR count). The fourth-order valence-electron chi connectivity index (χ4n) is 5.62. The molecule has 290 valence electrons. The van der Waals surface area contributed by atoms with E-state index in [2.05, 4.69) is 41.6 Å². The average Bonchev–Trinajstić information content (AvgIpc) is 3.74. The Kier molecular flexibility index (Phi) is 15.1. The summed E-state index contributed by atoms with van der Waals surface area (Å²) in [6.07, 6.45) is 4.38. The van der Waals surface area contributed by atoms with Crippen molar-refractivity contribution in [2.75, 3.05) is 0 Å². The Morgan fingerprint density at radius 2 is 1.45 bits per heavy atom. The lowest BCUT2D eigenvalue weighted by Gasteiger charge is -2.28. The molecule has 53 heavy (non-hydrogen) atoms. The largest absolute Gasteiger partial charge is 0.460 e. The fraction of sp³-hybridized carbons (Fsp3) is 0.528. The number of nitrogens with zero attached hydrogens (tertiary/aromatic N) is 1. The van der Waals surface area contributed by atoms with Gasteiger partial charge in [0, 0.05) is 35.4 Å². The molecular formula is C36H54N10O7. The quantitative estimate of drug-likeness (QED) is 0.0374. The van der Waals surface area contributed by atoms with Crippen LogP contribution in [-0.2, 0) is 46.3 Å². The summed E-state index contributed by atoms with van der Waals surface area (Å²) in [4.78, 5) is 90.1. The maximum Gasteiger partial charge on any atom is 0.308 e. The van der Waals surface area contributed by atoms with Crippen molar-refractivity contribution in [1.29, 1.82) is 0 Å². The lowest BCUT2D eigenvalue weighted by Crippen LogP contribution is -2.60. The molecular weight excluding hydrogens is 684 g/mol. The van der Waals surface area contributed by atoms with E-state index in [-0.39, 0.29) is 18.8 Å². The molecule has 0 spiro atoms. The van der Waals surface area contributed by atoms with Crippen molar-refractivity contribution < 1.29 is 33.5 Å². The van der Waals surface area contributed by atoms with Crippen molar-refractivity contribution in [3.63, 3.8) is 0 Å². The summed E-state index contributed by atoms with van der Waals surface area (Å²) in [6.45, 7) is 12.2. The molecule has 3 aromatic rings. The van der Waals surface area contributed by atoms with Crippen molar-refractivity contribution in [2.45, 2.75) is 110 Å². The standard InChI is InChI=1S/C36H54N10O7/c1-19(2)12-26(34(51)46-38)44-35(52)30(20(3)4)45-33(50)27(14-22-17-39-18-41-22)43-32(49)28(15-29(47)53-36(5,6)7)42-31(48)24(37)13-21-16-40-25-11-9-8-10-23(21)25/h8-11,16-20,24,26-28,30,40H,12-15,37-38H2,1-7H3,(H,39,41)(H,42,48)(H,43,49)(H,44,52)(H,45,50)(H,46,51)/t24-,26+,27+,28-,30-/m1/s1. The molecule has 5 atom stereocenters. The van der Waals surface area contributed by atoms with Crippen LogP contribution < -0.4 is 38.3 Å². The van der Waals surface area contributed by atoms with Crippen LogP contribution in [0.4, 0.5) is 0 Å². The van der Waals surface area contributed by atoms with Crippen LogP contribution in [0.3, 0.4) is 0 Å². The number of carbonyl (C=O) groups excluding carboxylic acids is 6. The summed E-state index contributed by atoms with van der Waals surface area (Å²) in [5.41, 5.74) is 9.60. The fourth-order valence-corrected chi connectivity index (χ4v) is 5.62. The van der Waals surface area contributed by atoms with Gasteiger partial charge < -0.3 is 41.7 Å². The summed E-state index contributed by atoms with van der Waals surface area (Å²) in [5, 5.41) is 11.5. The van der Waals surface area contributed by atoms with E-state index >= 15 is 0 Å². The molecule has 0 radical (unpaired) electrons. The number of aromatic nitrogens is 3. The molecule has 0 fully saturated rings. The van der Waals surface area contributed by atoms with Gasteiger partial charge in [0.25, 0.3) is 5.91 Å². The van der Waals surface area contributed by atoms with Crippen LogP contribution in [0.1, 0.15) is 72.6 Å². The molecule has 1 aromatic carbocycles. The number of amides is 5. The number of ether oxygens (including phenoxy) is 1. The smallest absolute Gasteiger partial charge is 0.308 e. The van der Waals surface area contributed by atoms with Crippen molar-refractivity contribution in [3.8, 4) is 0 Å². The van der Waals surface area contributed by atoms with E-state index in [0.29, 0.717) is 12.1 Å². The minimum absolute atomic E-state index is 0.0379. The number of hydrogen-bond acceptors (Lipinski definition) is 10. The highest BCUT2D eigenvalue weighted by atomic mass is 16.6. The van der Waals surface area contributed by atoms with Gasteiger partial charge in [-0.25, -0.2) is 10.8 Å². The predicted molar refractivity (Wildman–Crippen MR) is 197 cm³/mol. The lowest BCUT2D eigenvalue weighted by molar-refractivity contribution is -0.156. The molecule has 11 N–H and O–H groups in total. The molecule has 5 amide bonds. The molecule has 0 saturated heterocycles. The number of esters is 1. The van der Waals surface area contributed by atoms with Crippen LogP contribution in [0, 0.1) is 11.8 Å². The van der Waals surface area contributed by atoms with Crippen molar-refractivity contribution >= 4 is 46.4 Å². The van der Waals surface area contributed by atoms with Crippen LogP contribution in [0.15, 0.2) is 43.0 Å². The van der Waals surface area contributed by atoms with Crippen LogP contribution in [0.5, 0.6) is 0 Å². The zero-order valence-corrected chi connectivity index (χ0v) is 31.4. The SMILES string of the molecule is CC(C)C[C@H](NC(=O)[C@H](NC(=O)[C@H](Cc1cnc[nH]1)NC(=O)[C@@H](CC(=O)OC(C)(C)C)NC(=O)[C@H](N)Cc1c[nH]c2ccccc12)C(C)C)C(=O)NN. The average molecular weight is 739 g/mol. The first-order valence-corrected chi connectivity index (χ1v) is 17.6. The topological polar surface area (TPSA) is 268 Å². The Balaban J connectivity index is 1.84. The molecule has 0 bridgehead atoms. The number of hydrogen-bond donors (Lipinski definition) is 9. The summed E-state index contributed by atoms with van der Waals surface area (Å²) in [7, 11) is 0. The molecule has 0 saturated carbocycles. The minimum atomic E-state index is -1.49. The van der Waals surface area contributed by atoms with E-state index in [1.54, 1.807) is 40.8 Å². The molecule has 17 nitrogen and oxygen atoms in total. The molecule has 0 aliphatic heterocycles. The van der Waals surface area contributed by atoms with E-state index < -0.39 is 83.7 Å². The number of nitrogens with one attached hydrogen (secondary N) is 7. The second kappa shape index (κ2) is 19.0. The number of nitrogens with two attached hydrogens (primary N) is 2. The third kappa shape index (κ3) is 13.0. The van der Waals surface area contributed by atoms with Gasteiger partial charge in [-0.3, -0.25) is 34.2 Å². The third-order valence-corrected chi connectivity index (χ3v) is 8.22. The zero-order valence-electron chi connectivity index (χ0n) is 31.4. The van der Waals surface area contributed by atoms with Crippen molar-refractivity contribution in [2.24, 2.45) is 23.4 Å². The summed E-state index contributed by atoms with van der Waals surface area (Å²) < 4.78 is 5.44. The minimum Gasteiger partial charge on any atom is -0.460 e. The number of carbonyl (C=O) groups is 6. The third-order valence-electron chi connectivity index (χ3n) is 8.22.